The molecule has 130 valence electrons. The molecule has 24 heavy (non-hydrogen) atoms. The molecule has 6 nitrogen and oxygen atoms in total. The summed E-state index contributed by atoms with van der Waals surface area (Å²) in [5.41, 5.74) is -0.450. The van der Waals surface area contributed by atoms with Gasteiger partial charge in [0.2, 0.25) is 11.0 Å². The van der Waals surface area contributed by atoms with Crippen molar-refractivity contribution in [2.45, 2.75) is 16.5 Å². The predicted octanol–water partition coefficient (Wildman–Crippen LogP) is 2.99. The van der Waals surface area contributed by atoms with Crippen molar-refractivity contribution < 1.29 is 18.3 Å². The summed E-state index contributed by atoms with van der Waals surface area (Å²) in [6.07, 6.45) is 0. The molecule has 0 unspecified atom stereocenters. The van der Waals surface area contributed by atoms with Gasteiger partial charge in [0, 0.05) is 13.7 Å². The third-order valence-corrected chi connectivity index (χ3v) is 4.91. The third-order valence-electron chi connectivity index (χ3n) is 2.85. The van der Waals surface area contributed by atoms with E-state index in [-0.39, 0.29) is 0 Å². The number of carbonyl (C=O) groups excluding carboxylic acids is 1. The molecule has 1 aromatic carbocycles. The maximum absolute atomic E-state index is 13.6. The van der Waals surface area contributed by atoms with Crippen molar-refractivity contribution in [2.75, 3.05) is 30.9 Å². The van der Waals surface area contributed by atoms with E-state index in [1.165, 1.54) is 17.4 Å². The second kappa shape index (κ2) is 8.90. The Morgan fingerprint density at radius 1 is 1.38 bits per heavy atom. The van der Waals surface area contributed by atoms with Gasteiger partial charge in [-0.15, -0.1) is 10.2 Å². The molecular formula is C14H16F2N4O2S2. The highest BCUT2D eigenvalue weighted by Crippen LogP contribution is 2.29. The Labute approximate surface area is 146 Å². The van der Waals surface area contributed by atoms with Gasteiger partial charge in [-0.3, -0.25) is 4.79 Å². The van der Waals surface area contributed by atoms with E-state index in [9.17, 15) is 13.6 Å². The van der Waals surface area contributed by atoms with E-state index in [0.29, 0.717) is 22.6 Å². The monoisotopic (exact) mass is 374 g/mol. The molecule has 10 heteroatoms. The van der Waals surface area contributed by atoms with E-state index >= 15 is 0 Å². The molecule has 2 aromatic rings. The topological polar surface area (TPSA) is 76.1 Å². The first kappa shape index (κ1) is 18.6. The fourth-order valence-corrected chi connectivity index (χ4v) is 3.56. The summed E-state index contributed by atoms with van der Waals surface area (Å²) in [5.74, 6) is -2.16. The average Bonchev–Trinajstić information content (AvgIpc) is 2.98. The number of methoxy groups -OCH3 is 1. The molecule has 0 spiro atoms. The van der Waals surface area contributed by atoms with Gasteiger partial charge in [0.05, 0.1) is 11.9 Å². The summed E-state index contributed by atoms with van der Waals surface area (Å²) in [7, 11) is 1.60. The average molecular weight is 374 g/mol. The molecule has 2 N–H and O–H groups in total. The van der Waals surface area contributed by atoms with Gasteiger partial charge in [0.1, 0.15) is 17.3 Å². The Morgan fingerprint density at radius 3 is 2.75 bits per heavy atom. The molecule has 1 heterocycles. The van der Waals surface area contributed by atoms with Crippen LogP contribution in [0.15, 0.2) is 22.5 Å². The van der Waals surface area contributed by atoms with Crippen LogP contribution in [-0.2, 0) is 9.53 Å². The molecule has 0 saturated heterocycles. The number of carbonyl (C=O) groups is 1. The molecule has 0 bridgehead atoms. The Morgan fingerprint density at radius 2 is 2.08 bits per heavy atom. The van der Waals surface area contributed by atoms with Crippen molar-refractivity contribution in [1.82, 2.24) is 10.2 Å². The lowest BCUT2D eigenvalue weighted by Gasteiger charge is -2.11. The van der Waals surface area contributed by atoms with E-state index in [2.05, 4.69) is 20.8 Å². The van der Waals surface area contributed by atoms with Crippen LogP contribution in [0.4, 0.5) is 19.6 Å². The van der Waals surface area contributed by atoms with Crippen LogP contribution in [0.2, 0.25) is 0 Å². The van der Waals surface area contributed by atoms with Gasteiger partial charge in [0.25, 0.3) is 0 Å². The lowest BCUT2D eigenvalue weighted by Crippen LogP contribution is -2.23. The van der Waals surface area contributed by atoms with Gasteiger partial charge in [-0.25, -0.2) is 8.78 Å². The number of nitrogens with zero attached hydrogens (tertiary/aromatic N) is 2. The predicted molar refractivity (Wildman–Crippen MR) is 90.6 cm³/mol. The molecule has 1 atom stereocenters. The number of thioether (sulfide) groups is 1. The van der Waals surface area contributed by atoms with Gasteiger partial charge in [-0.05, 0) is 19.1 Å². The largest absolute Gasteiger partial charge is 0.383 e. The molecule has 0 saturated carbocycles. The van der Waals surface area contributed by atoms with E-state index < -0.39 is 28.5 Å². The summed E-state index contributed by atoms with van der Waals surface area (Å²) in [5, 5.41) is 13.2. The minimum atomic E-state index is -0.818. The number of rotatable bonds is 8. The quantitative estimate of drug-likeness (QED) is 0.546. The van der Waals surface area contributed by atoms with E-state index in [0.717, 1.165) is 23.9 Å². The highest BCUT2D eigenvalue weighted by molar-refractivity contribution is 8.02. The van der Waals surface area contributed by atoms with Gasteiger partial charge in [0.15, 0.2) is 4.34 Å². The van der Waals surface area contributed by atoms with Crippen molar-refractivity contribution in [1.29, 1.82) is 0 Å². The Bertz CT molecular complexity index is 679. The van der Waals surface area contributed by atoms with Gasteiger partial charge in [-0.1, -0.05) is 29.2 Å². The van der Waals surface area contributed by atoms with Crippen LogP contribution in [0.25, 0.3) is 0 Å². The lowest BCUT2D eigenvalue weighted by atomic mass is 10.3. The van der Waals surface area contributed by atoms with E-state index in [1.807, 2.05) is 0 Å². The van der Waals surface area contributed by atoms with Crippen molar-refractivity contribution in [3.8, 4) is 0 Å². The third kappa shape index (κ3) is 5.11. The van der Waals surface area contributed by atoms with Crippen LogP contribution in [-0.4, -0.2) is 41.6 Å². The summed E-state index contributed by atoms with van der Waals surface area (Å²) < 4.78 is 32.6. The van der Waals surface area contributed by atoms with Crippen molar-refractivity contribution in [3.63, 3.8) is 0 Å². The zero-order valence-corrected chi connectivity index (χ0v) is 14.6. The molecule has 0 aliphatic rings. The first-order chi connectivity index (χ1) is 11.5. The minimum Gasteiger partial charge on any atom is -0.383 e. The van der Waals surface area contributed by atoms with Crippen molar-refractivity contribution in [2.24, 2.45) is 0 Å². The number of anilines is 2. The standard InChI is InChI=1S/C14H16F2N4O2S2/c1-8(12(21)18-11-9(15)4-3-5-10(11)16)23-14-20-19-13(24-14)17-6-7-22-2/h3-5,8H,6-7H2,1-2H3,(H,17,19)(H,18,21)/t8-/m0/s1. The maximum atomic E-state index is 13.6. The summed E-state index contributed by atoms with van der Waals surface area (Å²) in [6, 6.07) is 3.40. The number of benzene rings is 1. The number of amides is 1. The van der Waals surface area contributed by atoms with Crippen LogP contribution >= 0.6 is 23.1 Å². The van der Waals surface area contributed by atoms with Crippen LogP contribution < -0.4 is 10.6 Å². The zero-order valence-electron chi connectivity index (χ0n) is 13.0. The molecular weight excluding hydrogens is 358 g/mol. The van der Waals surface area contributed by atoms with Gasteiger partial charge in [-0.2, -0.15) is 0 Å². The summed E-state index contributed by atoms with van der Waals surface area (Å²) in [6.45, 7) is 2.76. The number of nitrogens with one attached hydrogen (secondary N) is 2. The SMILES string of the molecule is COCCNc1nnc(S[C@@H](C)C(=O)Nc2c(F)cccc2F)s1. The van der Waals surface area contributed by atoms with E-state index in [4.69, 9.17) is 4.74 Å². The van der Waals surface area contributed by atoms with Crippen LogP contribution in [0.3, 0.4) is 0 Å². The van der Waals surface area contributed by atoms with Crippen LogP contribution in [0.1, 0.15) is 6.92 Å². The number of aromatic nitrogens is 2. The normalized spacial score (nSPS) is 12.0. The number of ether oxygens (including phenoxy) is 1. The number of hydrogen-bond donors (Lipinski definition) is 2. The smallest absolute Gasteiger partial charge is 0.237 e. The molecule has 1 aromatic heterocycles. The van der Waals surface area contributed by atoms with Crippen LogP contribution in [0, 0.1) is 11.6 Å². The van der Waals surface area contributed by atoms with Crippen molar-refractivity contribution in [3.05, 3.63) is 29.8 Å². The molecule has 0 fully saturated rings. The number of para-hydroxylation sites is 1. The first-order valence-corrected chi connectivity index (χ1v) is 8.68. The lowest BCUT2D eigenvalue weighted by molar-refractivity contribution is -0.115. The minimum absolute atomic E-state index is 0.450. The van der Waals surface area contributed by atoms with Crippen molar-refractivity contribution >= 4 is 39.8 Å². The number of hydrogen-bond acceptors (Lipinski definition) is 7. The summed E-state index contributed by atoms with van der Waals surface area (Å²) in [4.78, 5) is 12.1. The molecule has 0 aliphatic carbocycles. The van der Waals surface area contributed by atoms with Crippen LogP contribution in [0.5, 0.6) is 0 Å². The summed E-state index contributed by atoms with van der Waals surface area (Å²) >= 11 is 2.45. The van der Waals surface area contributed by atoms with Gasteiger partial charge < -0.3 is 15.4 Å². The number of halogens is 2. The molecule has 1 amide bonds. The molecule has 2 rings (SSSR count). The Balaban J connectivity index is 1.92. The Hall–Kier alpha value is -1.78. The Kier molecular flexibility index (Phi) is 6.88. The fourth-order valence-electron chi connectivity index (χ4n) is 1.64. The maximum Gasteiger partial charge on any atom is 0.237 e. The highest BCUT2D eigenvalue weighted by Gasteiger charge is 2.20. The second-order valence-corrected chi connectivity index (χ2v) is 7.20. The highest BCUT2D eigenvalue weighted by atomic mass is 32.2. The van der Waals surface area contributed by atoms with Gasteiger partial charge >= 0.3 is 0 Å². The first-order valence-electron chi connectivity index (χ1n) is 6.99. The molecule has 0 radical (unpaired) electrons. The van der Waals surface area contributed by atoms with E-state index in [1.54, 1.807) is 14.0 Å². The zero-order chi connectivity index (χ0) is 17.5. The second-order valence-electron chi connectivity index (χ2n) is 4.64. The fraction of sp³-hybridized carbons (Fsp3) is 0.357. The molecule has 0 aliphatic heterocycles.